The van der Waals surface area contributed by atoms with Crippen molar-refractivity contribution in [3.05, 3.63) is 51.5 Å². The number of hydrogen-bond donors (Lipinski definition) is 1. The molecule has 0 aliphatic rings. The van der Waals surface area contributed by atoms with Gasteiger partial charge in [0.05, 0.1) is 6.54 Å². The molecule has 126 valence electrons. The highest BCUT2D eigenvalue weighted by atomic mass is 127. The number of aryl methyl sites for hydroxylation is 2. The zero-order valence-electron chi connectivity index (χ0n) is 14.2. The van der Waals surface area contributed by atoms with E-state index in [1.807, 2.05) is 13.2 Å². The minimum atomic E-state index is 0. The number of aromatic nitrogens is 1. The van der Waals surface area contributed by atoms with Crippen molar-refractivity contribution in [3.63, 3.8) is 0 Å². The van der Waals surface area contributed by atoms with Crippen LogP contribution in [0.2, 0.25) is 0 Å². The first-order valence-corrected chi connectivity index (χ1v) is 8.35. The maximum absolute atomic E-state index is 4.43. The van der Waals surface area contributed by atoms with Crippen LogP contribution in [0.25, 0.3) is 0 Å². The predicted molar refractivity (Wildman–Crippen MR) is 110 cm³/mol. The van der Waals surface area contributed by atoms with Crippen molar-refractivity contribution < 1.29 is 0 Å². The zero-order valence-corrected chi connectivity index (χ0v) is 17.3. The molecule has 1 heterocycles. The molecule has 6 heteroatoms. The summed E-state index contributed by atoms with van der Waals surface area (Å²) >= 11 is 1.76. The Morgan fingerprint density at radius 2 is 2.00 bits per heavy atom. The van der Waals surface area contributed by atoms with Crippen LogP contribution in [0.15, 0.2) is 35.5 Å². The van der Waals surface area contributed by atoms with Gasteiger partial charge in [0.25, 0.3) is 0 Å². The second-order valence-electron chi connectivity index (χ2n) is 5.32. The van der Waals surface area contributed by atoms with Crippen molar-refractivity contribution in [1.29, 1.82) is 0 Å². The third-order valence-electron chi connectivity index (χ3n) is 3.46. The van der Waals surface area contributed by atoms with Crippen LogP contribution >= 0.6 is 35.3 Å². The maximum atomic E-state index is 4.43. The summed E-state index contributed by atoms with van der Waals surface area (Å²) in [5.74, 6) is 0.883. The van der Waals surface area contributed by atoms with E-state index >= 15 is 0 Å². The molecule has 0 aliphatic carbocycles. The third kappa shape index (κ3) is 6.10. The summed E-state index contributed by atoms with van der Waals surface area (Å²) in [6.07, 6.45) is 3.00. The van der Waals surface area contributed by atoms with Crippen LogP contribution in [0.3, 0.4) is 0 Å². The van der Waals surface area contributed by atoms with Crippen molar-refractivity contribution in [2.75, 3.05) is 14.1 Å². The summed E-state index contributed by atoms with van der Waals surface area (Å²) in [6.45, 7) is 5.80. The number of nitrogens with one attached hydrogen (secondary N) is 1. The largest absolute Gasteiger partial charge is 0.350 e. The summed E-state index contributed by atoms with van der Waals surface area (Å²) in [4.78, 5) is 12.2. The van der Waals surface area contributed by atoms with E-state index in [0.29, 0.717) is 0 Å². The molecule has 0 fully saturated rings. The van der Waals surface area contributed by atoms with E-state index in [0.717, 1.165) is 30.5 Å². The van der Waals surface area contributed by atoms with Crippen LogP contribution in [0.1, 0.15) is 27.9 Å². The molecule has 2 aromatic rings. The lowest BCUT2D eigenvalue weighted by molar-refractivity contribution is 0.476. The highest BCUT2D eigenvalue weighted by Gasteiger charge is 2.08. The molecule has 0 unspecified atom stereocenters. The first-order valence-electron chi connectivity index (χ1n) is 7.53. The zero-order chi connectivity index (χ0) is 15.9. The van der Waals surface area contributed by atoms with Gasteiger partial charge in [-0.15, -0.1) is 35.3 Å². The van der Waals surface area contributed by atoms with Gasteiger partial charge in [-0.2, -0.15) is 0 Å². The van der Waals surface area contributed by atoms with Crippen LogP contribution < -0.4 is 5.32 Å². The van der Waals surface area contributed by atoms with E-state index in [-0.39, 0.29) is 24.0 Å². The average Bonchev–Trinajstić information content (AvgIpc) is 2.98. The molecular weight excluding hydrogens is 419 g/mol. The highest BCUT2D eigenvalue weighted by molar-refractivity contribution is 14.0. The fourth-order valence-electron chi connectivity index (χ4n) is 2.17. The topological polar surface area (TPSA) is 40.5 Å². The maximum Gasteiger partial charge on any atom is 0.194 e. The lowest BCUT2D eigenvalue weighted by Crippen LogP contribution is -2.38. The Morgan fingerprint density at radius 1 is 1.30 bits per heavy atom. The van der Waals surface area contributed by atoms with E-state index in [2.05, 4.69) is 65.4 Å². The number of halogens is 1. The smallest absolute Gasteiger partial charge is 0.194 e. The Balaban J connectivity index is 0.00000264. The number of hydrogen-bond acceptors (Lipinski definition) is 3. The van der Waals surface area contributed by atoms with Crippen LogP contribution in [-0.2, 0) is 19.5 Å². The van der Waals surface area contributed by atoms with Gasteiger partial charge >= 0.3 is 0 Å². The number of rotatable bonds is 5. The van der Waals surface area contributed by atoms with Crippen LogP contribution in [-0.4, -0.2) is 29.9 Å². The number of thiazole rings is 1. The Morgan fingerprint density at radius 3 is 2.57 bits per heavy atom. The van der Waals surface area contributed by atoms with E-state index in [1.165, 1.54) is 16.0 Å². The Bertz CT molecular complexity index is 622. The lowest BCUT2D eigenvalue weighted by Gasteiger charge is -2.21. The van der Waals surface area contributed by atoms with Gasteiger partial charge in [0.15, 0.2) is 5.96 Å². The number of guanidine groups is 1. The molecule has 1 aromatic carbocycles. The Labute approximate surface area is 160 Å². The molecule has 0 radical (unpaired) electrons. The van der Waals surface area contributed by atoms with Crippen molar-refractivity contribution in [2.45, 2.75) is 33.4 Å². The molecular formula is C17H25IN4S. The second-order valence-corrected chi connectivity index (χ2v) is 6.52. The molecule has 2 rings (SSSR count). The summed E-state index contributed by atoms with van der Waals surface area (Å²) in [5.41, 5.74) is 2.56. The van der Waals surface area contributed by atoms with E-state index in [4.69, 9.17) is 0 Å². The normalized spacial score (nSPS) is 11.0. The Hall–Kier alpha value is -1.15. The molecule has 0 amide bonds. The SMILES string of the molecule is CCc1cnc(CNC(=NC)N(C)Cc2ccc(C)cc2)s1.I. The standard InChI is InChI=1S/C17H24N4S.HI/c1-5-15-10-19-16(22-15)11-20-17(18-3)21(4)12-14-8-6-13(2)7-9-14;/h6-10H,5,11-12H2,1-4H3,(H,18,20);1H. The van der Waals surface area contributed by atoms with Crippen molar-refractivity contribution in [2.24, 2.45) is 4.99 Å². The molecule has 1 N–H and O–H groups in total. The summed E-state index contributed by atoms with van der Waals surface area (Å²) in [6, 6.07) is 8.60. The predicted octanol–water partition coefficient (Wildman–Crippen LogP) is 3.84. The number of benzene rings is 1. The second kappa shape index (κ2) is 9.87. The number of aliphatic imine (C=N–C) groups is 1. The van der Waals surface area contributed by atoms with Gasteiger partial charge in [-0.05, 0) is 18.9 Å². The molecule has 23 heavy (non-hydrogen) atoms. The molecule has 0 spiro atoms. The highest BCUT2D eigenvalue weighted by Crippen LogP contribution is 2.13. The molecule has 0 atom stereocenters. The van der Waals surface area contributed by atoms with E-state index in [1.54, 1.807) is 11.3 Å². The van der Waals surface area contributed by atoms with Gasteiger partial charge < -0.3 is 10.2 Å². The first-order chi connectivity index (χ1) is 10.6. The van der Waals surface area contributed by atoms with E-state index in [9.17, 15) is 0 Å². The summed E-state index contributed by atoms with van der Waals surface area (Å²) in [5, 5.41) is 4.48. The average molecular weight is 444 g/mol. The van der Waals surface area contributed by atoms with Gasteiger partial charge in [-0.25, -0.2) is 4.98 Å². The fraction of sp³-hybridized carbons (Fsp3) is 0.412. The summed E-state index contributed by atoms with van der Waals surface area (Å²) in [7, 11) is 3.86. The van der Waals surface area contributed by atoms with Gasteiger partial charge in [0, 0.05) is 31.7 Å². The molecule has 0 saturated heterocycles. The van der Waals surface area contributed by atoms with Crippen molar-refractivity contribution in [1.82, 2.24) is 15.2 Å². The van der Waals surface area contributed by atoms with Crippen LogP contribution in [0.5, 0.6) is 0 Å². The quantitative estimate of drug-likeness (QED) is 0.433. The van der Waals surface area contributed by atoms with Gasteiger partial charge in [0.2, 0.25) is 0 Å². The Kier molecular flexibility index (Phi) is 8.54. The molecule has 0 saturated carbocycles. The van der Waals surface area contributed by atoms with Crippen LogP contribution in [0.4, 0.5) is 0 Å². The molecule has 0 aliphatic heterocycles. The molecule has 4 nitrogen and oxygen atoms in total. The van der Waals surface area contributed by atoms with Crippen molar-refractivity contribution >= 4 is 41.3 Å². The lowest BCUT2D eigenvalue weighted by atomic mass is 10.1. The van der Waals surface area contributed by atoms with E-state index < -0.39 is 0 Å². The van der Waals surface area contributed by atoms with Gasteiger partial charge in [-0.1, -0.05) is 36.8 Å². The van der Waals surface area contributed by atoms with Gasteiger partial charge in [-0.3, -0.25) is 4.99 Å². The molecule has 0 bridgehead atoms. The monoisotopic (exact) mass is 444 g/mol. The van der Waals surface area contributed by atoms with Crippen molar-refractivity contribution in [3.8, 4) is 0 Å². The third-order valence-corrected chi connectivity index (χ3v) is 4.60. The summed E-state index contributed by atoms with van der Waals surface area (Å²) < 4.78 is 0. The van der Waals surface area contributed by atoms with Crippen LogP contribution in [0, 0.1) is 6.92 Å². The number of nitrogens with zero attached hydrogens (tertiary/aromatic N) is 3. The minimum absolute atomic E-state index is 0. The minimum Gasteiger partial charge on any atom is -0.350 e. The fourth-order valence-corrected chi connectivity index (χ4v) is 2.98. The molecule has 1 aromatic heterocycles. The first kappa shape index (κ1) is 19.9. The van der Waals surface area contributed by atoms with Gasteiger partial charge in [0.1, 0.15) is 5.01 Å².